The van der Waals surface area contributed by atoms with Crippen LogP contribution in [0.25, 0.3) is 0 Å². The van der Waals surface area contributed by atoms with Gasteiger partial charge in [0.25, 0.3) is 0 Å². The van der Waals surface area contributed by atoms with Gasteiger partial charge >= 0.3 is 0 Å². The molecular weight excluding hydrogens is 180 g/mol. The molecule has 1 rings (SSSR count). The van der Waals surface area contributed by atoms with Gasteiger partial charge in [0.1, 0.15) is 17.0 Å². The van der Waals surface area contributed by atoms with Crippen LogP contribution in [0, 0.1) is 5.41 Å². The largest absolute Gasteiger partial charge is 0.298 e. The fraction of sp³-hybridized carbons (Fsp3) is 0.545. The van der Waals surface area contributed by atoms with Crippen molar-refractivity contribution in [1.82, 2.24) is 0 Å². The van der Waals surface area contributed by atoms with Crippen LogP contribution >= 0.6 is 0 Å². The lowest BCUT2D eigenvalue weighted by atomic mass is 9.73. The van der Waals surface area contributed by atoms with Gasteiger partial charge in [0.2, 0.25) is 0 Å². The molecule has 3 nitrogen and oxygen atoms in total. The maximum atomic E-state index is 11.6. The fourth-order valence-corrected chi connectivity index (χ4v) is 1.55. The van der Waals surface area contributed by atoms with E-state index in [1.807, 2.05) is 0 Å². The fourth-order valence-electron chi connectivity index (χ4n) is 1.55. The number of hydrogen-bond acceptors (Lipinski definition) is 3. The molecule has 3 heteroatoms. The number of allylic oxidation sites excluding steroid dienone is 2. The molecular formula is C11H14O3. The van der Waals surface area contributed by atoms with Crippen LogP contribution in [0.4, 0.5) is 0 Å². The molecule has 0 N–H and O–H groups in total. The Labute approximate surface area is 83.2 Å². The minimum atomic E-state index is -1.05. The second-order valence-corrected chi connectivity index (χ2v) is 3.85. The van der Waals surface area contributed by atoms with E-state index in [9.17, 15) is 14.4 Å². The predicted molar refractivity (Wildman–Crippen MR) is 51.8 cm³/mol. The maximum Gasteiger partial charge on any atom is 0.152 e. The molecule has 0 saturated heterocycles. The molecule has 0 heterocycles. The van der Waals surface area contributed by atoms with Gasteiger partial charge in [-0.25, -0.2) is 0 Å². The quantitative estimate of drug-likeness (QED) is 0.494. The molecule has 0 aromatic heterocycles. The summed E-state index contributed by atoms with van der Waals surface area (Å²) in [5, 5.41) is 0. The molecule has 0 radical (unpaired) electrons. The van der Waals surface area contributed by atoms with E-state index < -0.39 is 5.41 Å². The molecule has 0 atom stereocenters. The third-order valence-corrected chi connectivity index (χ3v) is 2.62. The molecule has 0 bridgehead atoms. The standard InChI is InChI=1S/C11H14O3/c1-8(12)6-7-11(2)9(13)4-3-5-10(11)14/h6-7H,3-5H2,1-2H3. The number of ketones is 3. The summed E-state index contributed by atoms with van der Waals surface area (Å²) in [6, 6.07) is 0. The highest BCUT2D eigenvalue weighted by molar-refractivity contribution is 6.11. The Bertz CT molecular complexity index is 296. The number of rotatable bonds is 2. The molecule has 0 aliphatic heterocycles. The molecule has 0 aromatic rings. The van der Waals surface area contributed by atoms with Gasteiger partial charge in [-0.15, -0.1) is 0 Å². The zero-order valence-corrected chi connectivity index (χ0v) is 8.50. The van der Waals surface area contributed by atoms with E-state index >= 15 is 0 Å². The van der Waals surface area contributed by atoms with Crippen molar-refractivity contribution >= 4 is 17.3 Å². The summed E-state index contributed by atoms with van der Waals surface area (Å²) < 4.78 is 0. The second-order valence-electron chi connectivity index (χ2n) is 3.85. The third kappa shape index (κ3) is 1.97. The first-order valence-electron chi connectivity index (χ1n) is 4.73. The van der Waals surface area contributed by atoms with Crippen molar-refractivity contribution in [3.8, 4) is 0 Å². The maximum absolute atomic E-state index is 11.6. The summed E-state index contributed by atoms with van der Waals surface area (Å²) in [4.78, 5) is 33.8. The van der Waals surface area contributed by atoms with Crippen LogP contribution < -0.4 is 0 Å². The molecule has 1 fully saturated rings. The van der Waals surface area contributed by atoms with Gasteiger partial charge in [0.05, 0.1) is 0 Å². The monoisotopic (exact) mass is 194 g/mol. The zero-order chi connectivity index (χ0) is 10.8. The molecule has 0 spiro atoms. The first-order chi connectivity index (χ1) is 6.47. The Hall–Kier alpha value is -1.25. The van der Waals surface area contributed by atoms with Crippen molar-refractivity contribution in [2.24, 2.45) is 5.41 Å². The van der Waals surface area contributed by atoms with Gasteiger partial charge in [-0.05, 0) is 26.3 Å². The molecule has 14 heavy (non-hydrogen) atoms. The van der Waals surface area contributed by atoms with Crippen LogP contribution in [0.15, 0.2) is 12.2 Å². The highest BCUT2D eigenvalue weighted by Gasteiger charge is 2.40. The smallest absolute Gasteiger partial charge is 0.152 e. The lowest BCUT2D eigenvalue weighted by Gasteiger charge is -2.26. The summed E-state index contributed by atoms with van der Waals surface area (Å²) in [6.45, 7) is 2.99. The van der Waals surface area contributed by atoms with Crippen molar-refractivity contribution in [2.75, 3.05) is 0 Å². The van der Waals surface area contributed by atoms with E-state index in [2.05, 4.69) is 0 Å². The van der Waals surface area contributed by atoms with Crippen LogP contribution in [-0.4, -0.2) is 17.3 Å². The van der Waals surface area contributed by atoms with Gasteiger partial charge in [-0.1, -0.05) is 6.08 Å². The summed E-state index contributed by atoms with van der Waals surface area (Å²) in [5.41, 5.74) is -1.05. The van der Waals surface area contributed by atoms with Crippen molar-refractivity contribution in [2.45, 2.75) is 33.1 Å². The molecule has 1 aliphatic rings. The van der Waals surface area contributed by atoms with E-state index in [1.165, 1.54) is 19.1 Å². The van der Waals surface area contributed by atoms with Crippen molar-refractivity contribution < 1.29 is 14.4 Å². The molecule has 0 aromatic carbocycles. The Kier molecular flexibility index (Phi) is 2.99. The summed E-state index contributed by atoms with van der Waals surface area (Å²) in [7, 11) is 0. The summed E-state index contributed by atoms with van der Waals surface area (Å²) in [5.74, 6) is -0.296. The number of Topliss-reactive ketones (excluding diaryl/α,β-unsaturated/α-hetero) is 2. The molecule has 1 saturated carbocycles. The lowest BCUT2D eigenvalue weighted by molar-refractivity contribution is -0.139. The Morgan fingerprint density at radius 1 is 1.29 bits per heavy atom. The number of carbonyl (C=O) groups is 3. The van der Waals surface area contributed by atoms with Crippen LogP contribution in [-0.2, 0) is 14.4 Å². The van der Waals surface area contributed by atoms with Crippen LogP contribution in [0.2, 0.25) is 0 Å². The zero-order valence-electron chi connectivity index (χ0n) is 8.50. The Morgan fingerprint density at radius 3 is 2.21 bits per heavy atom. The highest BCUT2D eigenvalue weighted by atomic mass is 16.2. The lowest BCUT2D eigenvalue weighted by Crippen LogP contribution is -2.38. The minimum Gasteiger partial charge on any atom is -0.298 e. The van der Waals surface area contributed by atoms with Crippen LogP contribution in [0.5, 0.6) is 0 Å². The summed E-state index contributed by atoms with van der Waals surface area (Å²) in [6.07, 6.45) is 4.26. The molecule has 76 valence electrons. The number of carbonyl (C=O) groups excluding carboxylic acids is 3. The average molecular weight is 194 g/mol. The van der Waals surface area contributed by atoms with Crippen molar-refractivity contribution in [3.05, 3.63) is 12.2 Å². The van der Waals surface area contributed by atoms with E-state index in [4.69, 9.17) is 0 Å². The first kappa shape index (κ1) is 10.8. The summed E-state index contributed by atoms with van der Waals surface area (Å²) >= 11 is 0. The van der Waals surface area contributed by atoms with Crippen molar-refractivity contribution in [1.29, 1.82) is 0 Å². The molecule has 1 aliphatic carbocycles. The van der Waals surface area contributed by atoms with Crippen LogP contribution in [0.1, 0.15) is 33.1 Å². The minimum absolute atomic E-state index is 0.0775. The normalized spacial score (nSPS) is 21.6. The first-order valence-corrected chi connectivity index (χ1v) is 4.73. The highest BCUT2D eigenvalue weighted by Crippen LogP contribution is 2.30. The molecule has 0 unspecified atom stereocenters. The van der Waals surface area contributed by atoms with E-state index in [-0.39, 0.29) is 17.3 Å². The third-order valence-electron chi connectivity index (χ3n) is 2.62. The van der Waals surface area contributed by atoms with Gasteiger partial charge in [-0.2, -0.15) is 0 Å². The van der Waals surface area contributed by atoms with E-state index in [1.54, 1.807) is 6.92 Å². The topological polar surface area (TPSA) is 51.2 Å². The molecule has 0 amide bonds. The van der Waals surface area contributed by atoms with Gasteiger partial charge in [0.15, 0.2) is 5.78 Å². The average Bonchev–Trinajstić information content (AvgIpc) is 2.11. The van der Waals surface area contributed by atoms with Gasteiger partial charge in [0, 0.05) is 12.8 Å². The Morgan fingerprint density at radius 2 is 1.79 bits per heavy atom. The van der Waals surface area contributed by atoms with Crippen molar-refractivity contribution in [3.63, 3.8) is 0 Å². The SMILES string of the molecule is CC(=O)C=CC1(C)C(=O)CCCC1=O. The van der Waals surface area contributed by atoms with E-state index in [0.717, 1.165) is 0 Å². The van der Waals surface area contributed by atoms with E-state index in [0.29, 0.717) is 19.3 Å². The second kappa shape index (κ2) is 3.86. The number of hydrogen-bond donors (Lipinski definition) is 0. The van der Waals surface area contributed by atoms with Gasteiger partial charge < -0.3 is 0 Å². The van der Waals surface area contributed by atoms with Crippen LogP contribution in [0.3, 0.4) is 0 Å². The van der Waals surface area contributed by atoms with Gasteiger partial charge in [-0.3, -0.25) is 14.4 Å². The Balaban J connectivity index is 2.93. The predicted octanol–water partition coefficient (Wildman–Crippen LogP) is 1.46.